The number of nitrogens with zero attached hydrogens (tertiary/aromatic N) is 2. The molecule has 1 aliphatic rings. The molecule has 1 aliphatic heterocycles. The Morgan fingerprint density at radius 2 is 1.97 bits per heavy atom. The van der Waals surface area contributed by atoms with Crippen molar-refractivity contribution >= 4 is 46.4 Å². The SMILES string of the molecule is COCCN(CC(=O)N1CCc2sccc2C1c1ccc(Cl)cc1Cl)C(=O)CC(C)CC(C)(C)C. The van der Waals surface area contributed by atoms with Crippen molar-refractivity contribution < 1.29 is 14.3 Å². The number of fused-ring (bicyclic) bond motifs is 1. The van der Waals surface area contributed by atoms with Crippen LogP contribution in [0.25, 0.3) is 0 Å². The average Bonchev–Trinajstić information content (AvgIpc) is 3.23. The predicted octanol–water partition coefficient (Wildman–Crippen LogP) is 6.47. The van der Waals surface area contributed by atoms with Crippen LogP contribution in [0.5, 0.6) is 0 Å². The van der Waals surface area contributed by atoms with E-state index in [1.807, 2.05) is 11.0 Å². The van der Waals surface area contributed by atoms with Crippen LogP contribution >= 0.6 is 34.5 Å². The summed E-state index contributed by atoms with van der Waals surface area (Å²) in [7, 11) is 1.61. The van der Waals surface area contributed by atoms with Gasteiger partial charge in [0.2, 0.25) is 11.8 Å². The van der Waals surface area contributed by atoms with Crippen LogP contribution in [0.3, 0.4) is 0 Å². The fraction of sp³-hybridized carbons (Fsp3) is 0.556. The van der Waals surface area contributed by atoms with E-state index in [1.165, 1.54) is 4.88 Å². The van der Waals surface area contributed by atoms with E-state index in [9.17, 15) is 9.59 Å². The zero-order chi connectivity index (χ0) is 25.8. The molecule has 1 aromatic carbocycles. The van der Waals surface area contributed by atoms with Crippen LogP contribution in [-0.4, -0.2) is 55.0 Å². The Kier molecular flexibility index (Phi) is 9.67. The maximum absolute atomic E-state index is 13.7. The third-order valence-corrected chi connectivity index (χ3v) is 7.83. The first-order chi connectivity index (χ1) is 16.5. The Hall–Kier alpha value is -1.60. The summed E-state index contributed by atoms with van der Waals surface area (Å²) < 4.78 is 5.24. The fourth-order valence-electron chi connectivity index (χ4n) is 4.94. The topological polar surface area (TPSA) is 49.9 Å². The average molecular weight is 540 g/mol. The quantitative estimate of drug-likeness (QED) is 0.367. The van der Waals surface area contributed by atoms with Gasteiger partial charge in [0.1, 0.15) is 0 Å². The lowest BCUT2D eigenvalue weighted by Crippen LogP contribution is -2.47. The van der Waals surface area contributed by atoms with Gasteiger partial charge in [-0.05, 0) is 58.9 Å². The van der Waals surface area contributed by atoms with Crippen molar-refractivity contribution in [2.24, 2.45) is 11.3 Å². The second-order valence-corrected chi connectivity index (χ2v) is 12.4. The Labute approximate surface area is 223 Å². The summed E-state index contributed by atoms with van der Waals surface area (Å²) in [5.74, 6) is 0.124. The van der Waals surface area contributed by atoms with Crippen LogP contribution in [0, 0.1) is 11.3 Å². The van der Waals surface area contributed by atoms with Crippen molar-refractivity contribution in [1.29, 1.82) is 0 Å². The van der Waals surface area contributed by atoms with E-state index in [2.05, 4.69) is 39.1 Å². The Balaban J connectivity index is 1.83. The van der Waals surface area contributed by atoms with Crippen molar-refractivity contribution in [3.63, 3.8) is 0 Å². The minimum Gasteiger partial charge on any atom is -0.383 e. The van der Waals surface area contributed by atoms with Gasteiger partial charge in [-0.1, -0.05) is 57.0 Å². The van der Waals surface area contributed by atoms with Crippen molar-refractivity contribution in [1.82, 2.24) is 9.80 Å². The molecule has 0 saturated carbocycles. The van der Waals surface area contributed by atoms with E-state index in [0.29, 0.717) is 36.2 Å². The lowest BCUT2D eigenvalue weighted by Gasteiger charge is -2.38. The standard InChI is InChI=1S/C27H36Cl2N2O3S/c1-18(16-27(2,3)4)14-24(32)30(11-12-34-5)17-25(33)31-10-8-23-21(9-13-35-23)26(31)20-7-6-19(28)15-22(20)29/h6-7,9,13,15,18,26H,8,10-12,14,16-17H2,1-5H3. The number of hydrogen-bond acceptors (Lipinski definition) is 4. The van der Waals surface area contributed by atoms with Gasteiger partial charge in [-0.15, -0.1) is 11.3 Å². The van der Waals surface area contributed by atoms with Gasteiger partial charge in [-0.3, -0.25) is 9.59 Å². The summed E-state index contributed by atoms with van der Waals surface area (Å²) in [6.45, 7) is 9.99. The molecule has 2 unspecified atom stereocenters. The largest absolute Gasteiger partial charge is 0.383 e. The highest BCUT2D eigenvalue weighted by Gasteiger charge is 2.35. The van der Waals surface area contributed by atoms with E-state index in [-0.39, 0.29) is 35.7 Å². The molecule has 2 amide bonds. The highest BCUT2D eigenvalue weighted by Crippen LogP contribution is 2.41. The van der Waals surface area contributed by atoms with Crippen LogP contribution in [0.4, 0.5) is 0 Å². The van der Waals surface area contributed by atoms with Crippen LogP contribution in [-0.2, 0) is 20.7 Å². The number of halogens is 2. The Morgan fingerprint density at radius 3 is 2.63 bits per heavy atom. The molecule has 3 rings (SSSR count). The van der Waals surface area contributed by atoms with Crippen LogP contribution < -0.4 is 0 Å². The van der Waals surface area contributed by atoms with Gasteiger partial charge in [0.25, 0.3) is 0 Å². The third-order valence-electron chi connectivity index (χ3n) is 6.27. The van der Waals surface area contributed by atoms with E-state index in [1.54, 1.807) is 35.5 Å². The molecule has 0 radical (unpaired) electrons. The van der Waals surface area contributed by atoms with Gasteiger partial charge in [-0.2, -0.15) is 0 Å². The van der Waals surface area contributed by atoms with Crippen molar-refractivity contribution in [2.75, 3.05) is 33.4 Å². The number of methoxy groups -OCH3 is 1. The lowest BCUT2D eigenvalue weighted by atomic mass is 9.84. The van der Waals surface area contributed by atoms with E-state index >= 15 is 0 Å². The van der Waals surface area contributed by atoms with Gasteiger partial charge in [-0.25, -0.2) is 0 Å². The molecule has 0 fully saturated rings. The molecule has 0 N–H and O–H groups in total. The second kappa shape index (κ2) is 12.1. The normalized spacial score (nSPS) is 16.7. The molecule has 2 atom stereocenters. The number of thiophene rings is 1. The molecular weight excluding hydrogens is 503 g/mol. The van der Waals surface area contributed by atoms with Gasteiger partial charge < -0.3 is 14.5 Å². The molecule has 0 bridgehead atoms. The molecule has 35 heavy (non-hydrogen) atoms. The molecule has 0 aliphatic carbocycles. The molecule has 1 aromatic heterocycles. The Morgan fingerprint density at radius 1 is 1.23 bits per heavy atom. The van der Waals surface area contributed by atoms with Crippen molar-refractivity contribution in [3.05, 3.63) is 55.7 Å². The zero-order valence-corrected chi connectivity index (χ0v) is 23.6. The first-order valence-electron chi connectivity index (χ1n) is 12.1. The molecule has 2 heterocycles. The molecular formula is C27H36Cl2N2O3S. The first-order valence-corrected chi connectivity index (χ1v) is 13.7. The summed E-state index contributed by atoms with van der Waals surface area (Å²) in [6, 6.07) is 7.17. The number of ether oxygens (including phenoxy) is 1. The summed E-state index contributed by atoms with van der Waals surface area (Å²) in [5.41, 5.74) is 2.08. The summed E-state index contributed by atoms with van der Waals surface area (Å²) in [4.78, 5) is 31.7. The maximum atomic E-state index is 13.7. The van der Waals surface area contributed by atoms with Crippen molar-refractivity contribution in [3.8, 4) is 0 Å². The van der Waals surface area contributed by atoms with Crippen molar-refractivity contribution in [2.45, 2.75) is 53.0 Å². The molecule has 8 heteroatoms. The molecule has 5 nitrogen and oxygen atoms in total. The zero-order valence-electron chi connectivity index (χ0n) is 21.3. The van der Waals surface area contributed by atoms with Crippen LogP contribution in [0.15, 0.2) is 29.6 Å². The third kappa shape index (κ3) is 7.45. The second-order valence-electron chi connectivity index (χ2n) is 10.6. The molecule has 0 spiro atoms. The van der Waals surface area contributed by atoms with Gasteiger partial charge in [0.15, 0.2) is 0 Å². The van der Waals surface area contributed by atoms with Gasteiger partial charge in [0.05, 0.1) is 19.2 Å². The predicted molar refractivity (Wildman–Crippen MR) is 144 cm³/mol. The first kappa shape index (κ1) is 28.0. The maximum Gasteiger partial charge on any atom is 0.242 e. The lowest BCUT2D eigenvalue weighted by molar-refractivity contribution is -0.142. The summed E-state index contributed by atoms with van der Waals surface area (Å²) in [6.07, 6.45) is 2.14. The van der Waals surface area contributed by atoms with Gasteiger partial charge in [0, 0.05) is 41.5 Å². The number of benzene rings is 1. The monoisotopic (exact) mass is 538 g/mol. The van der Waals surface area contributed by atoms with Gasteiger partial charge >= 0.3 is 0 Å². The highest BCUT2D eigenvalue weighted by atomic mass is 35.5. The van der Waals surface area contributed by atoms with Crippen LogP contribution in [0.1, 0.15) is 62.6 Å². The summed E-state index contributed by atoms with van der Waals surface area (Å²) in [5, 5.41) is 3.14. The molecule has 2 aromatic rings. The Bertz CT molecular complexity index is 1030. The number of amides is 2. The van der Waals surface area contributed by atoms with E-state index in [0.717, 1.165) is 24.0 Å². The molecule has 192 valence electrons. The molecule has 0 saturated heterocycles. The van der Waals surface area contributed by atoms with E-state index < -0.39 is 0 Å². The number of hydrogen-bond donors (Lipinski definition) is 0. The smallest absolute Gasteiger partial charge is 0.242 e. The number of carbonyl (C=O) groups excluding carboxylic acids is 2. The minimum atomic E-state index is -0.304. The minimum absolute atomic E-state index is 0.0125. The highest BCUT2D eigenvalue weighted by molar-refractivity contribution is 7.10. The number of carbonyl (C=O) groups is 2. The fourth-order valence-corrected chi connectivity index (χ4v) is 6.35. The summed E-state index contributed by atoms with van der Waals surface area (Å²) >= 11 is 14.4. The van der Waals surface area contributed by atoms with E-state index in [4.69, 9.17) is 27.9 Å². The number of rotatable bonds is 9. The van der Waals surface area contributed by atoms with Crippen LogP contribution in [0.2, 0.25) is 10.0 Å².